The lowest BCUT2D eigenvalue weighted by Crippen LogP contribution is -2.22. The minimum atomic E-state index is -3.73. The minimum absolute atomic E-state index is 0.00386. The fraction of sp³-hybridized carbons (Fsp3) is 0.462. The summed E-state index contributed by atoms with van der Waals surface area (Å²) in [5.74, 6) is 0.464. The maximum absolute atomic E-state index is 12.0. The number of halogens is 1. The highest BCUT2D eigenvalue weighted by Gasteiger charge is 2.32. The van der Waals surface area contributed by atoms with Crippen LogP contribution < -0.4 is 5.32 Å². The van der Waals surface area contributed by atoms with Crippen molar-refractivity contribution in [3.8, 4) is 0 Å². The molecule has 1 aliphatic carbocycles. The van der Waals surface area contributed by atoms with Gasteiger partial charge in [-0.1, -0.05) is 6.92 Å². The monoisotopic (exact) mass is 301 g/mol. The van der Waals surface area contributed by atoms with Gasteiger partial charge in [0.2, 0.25) is 5.91 Å². The normalized spacial score (nSPS) is 17.0. The van der Waals surface area contributed by atoms with Gasteiger partial charge in [0, 0.05) is 22.3 Å². The van der Waals surface area contributed by atoms with Crippen LogP contribution in [0, 0.1) is 18.8 Å². The third-order valence-electron chi connectivity index (χ3n) is 3.48. The number of hydrogen-bond acceptors (Lipinski definition) is 3. The van der Waals surface area contributed by atoms with E-state index in [0.717, 1.165) is 12.8 Å². The van der Waals surface area contributed by atoms with Crippen molar-refractivity contribution in [3.05, 3.63) is 23.8 Å². The lowest BCUT2D eigenvalue weighted by molar-refractivity contribution is -0.119. The Morgan fingerprint density at radius 1 is 1.42 bits per heavy atom. The van der Waals surface area contributed by atoms with Gasteiger partial charge in [-0.05, 0) is 49.4 Å². The molecule has 0 spiro atoms. The van der Waals surface area contributed by atoms with E-state index in [1.807, 2.05) is 6.92 Å². The molecule has 1 aliphatic rings. The lowest BCUT2D eigenvalue weighted by Gasteiger charge is -2.13. The van der Waals surface area contributed by atoms with E-state index >= 15 is 0 Å². The number of rotatable bonds is 4. The summed E-state index contributed by atoms with van der Waals surface area (Å²) in [6, 6.07) is 4.43. The van der Waals surface area contributed by atoms with Crippen LogP contribution in [0.5, 0.6) is 0 Å². The number of nitrogens with one attached hydrogen (secondary N) is 1. The fourth-order valence-corrected chi connectivity index (χ4v) is 2.82. The molecular formula is C13H16ClNO3S. The molecule has 2 rings (SSSR count). The molecule has 19 heavy (non-hydrogen) atoms. The van der Waals surface area contributed by atoms with E-state index in [2.05, 4.69) is 5.32 Å². The standard InChI is InChI=1S/C13H16ClNO3S/c1-8-7-11(19(14,17)18)5-6-12(8)15-13(16)9(2)10-3-4-10/h5-7,9-10H,3-4H2,1-2H3,(H,15,16). The zero-order valence-corrected chi connectivity index (χ0v) is 12.4. The van der Waals surface area contributed by atoms with Gasteiger partial charge in [0.25, 0.3) is 9.05 Å². The minimum Gasteiger partial charge on any atom is -0.326 e. The van der Waals surface area contributed by atoms with Crippen LogP contribution in [0.2, 0.25) is 0 Å². The fourth-order valence-electron chi connectivity index (χ4n) is 1.98. The first-order valence-electron chi connectivity index (χ1n) is 6.15. The second-order valence-corrected chi connectivity index (χ2v) is 7.60. The molecular weight excluding hydrogens is 286 g/mol. The van der Waals surface area contributed by atoms with E-state index in [4.69, 9.17) is 10.7 Å². The van der Waals surface area contributed by atoms with E-state index in [-0.39, 0.29) is 16.7 Å². The van der Waals surface area contributed by atoms with Crippen LogP contribution >= 0.6 is 10.7 Å². The number of carbonyl (C=O) groups is 1. The Balaban J connectivity index is 2.15. The molecule has 0 radical (unpaired) electrons. The summed E-state index contributed by atoms with van der Waals surface area (Å²) in [6.45, 7) is 3.66. The zero-order chi connectivity index (χ0) is 14.2. The van der Waals surface area contributed by atoms with E-state index in [0.29, 0.717) is 17.2 Å². The van der Waals surface area contributed by atoms with Gasteiger partial charge >= 0.3 is 0 Å². The Labute approximate surface area is 117 Å². The van der Waals surface area contributed by atoms with Crippen molar-refractivity contribution in [1.82, 2.24) is 0 Å². The highest BCUT2D eigenvalue weighted by molar-refractivity contribution is 8.13. The number of amides is 1. The highest BCUT2D eigenvalue weighted by atomic mass is 35.7. The Morgan fingerprint density at radius 2 is 2.05 bits per heavy atom. The Hall–Kier alpha value is -1.07. The number of benzene rings is 1. The lowest BCUT2D eigenvalue weighted by atomic mass is 10.1. The Morgan fingerprint density at radius 3 is 2.53 bits per heavy atom. The maximum atomic E-state index is 12.0. The third kappa shape index (κ3) is 3.48. The van der Waals surface area contributed by atoms with Crippen molar-refractivity contribution in [2.24, 2.45) is 11.8 Å². The van der Waals surface area contributed by atoms with Crippen LogP contribution in [0.3, 0.4) is 0 Å². The number of carbonyl (C=O) groups excluding carboxylic acids is 1. The van der Waals surface area contributed by atoms with E-state index < -0.39 is 9.05 Å². The second-order valence-electron chi connectivity index (χ2n) is 5.03. The molecule has 6 heteroatoms. The number of hydrogen-bond donors (Lipinski definition) is 1. The zero-order valence-electron chi connectivity index (χ0n) is 10.8. The summed E-state index contributed by atoms with van der Waals surface area (Å²) in [7, 11) is 1.54. The molecule has 1 atom stereocenters. The van der Waals surface area contributed by atoms with Crippen LogP contribution in [0.25, 0.3) is 0 Å². The topological polar surface area (TPSA) is 63.2 Å². The molecule has 1 amide bonds. The first-order chi connectivity index (χ1) is 8.79. The smallest absolute Gasteiger partial charge is 0.261 e. The summed E-state index contributed by atoms with van der Waals surface area (Å²) in [4.78, 5) is 12.0. The van der Waals surface area contributed by atoms with Crippen molar-refractivity contribution in [1.29, 1.82) is 0 Å². The van der Waals surface area contributed by atoms with Crippen LogP contribution in [0.4, 0.5) is 5.69 Å². The molecule has 0 aliphatic heterocycles. The van der Waals surface area contributed by atoms with Gasteiger partial charge in [-0.3, -0.25) is 4.79 Å². The summed E-state index contributed by atoms with van der Waals surface area (Å²) < 4.78 is 22.4. The molecule has 0 bridgehead atoms. The summed E-state index contributed by atoms with van der Waals surface area (Å²) in [5.41, 5.74) is 1.31. The first-order valence-corrected chi connectivity index (χ1v) is 8.46. The van der Waals surface area contributed by atoms with Gasteiger partial charge < -0.3 is 5.32 Å². The molecule has 1 fully saturated rings. The quantitative estimate of drug-likeness (QED) is 0.870. The molecule has 4 nitrogen and oxygen atoms in total. The van der Waals surface area contributed by atoms with Crippen molar-refractivity contribution < 1.29 is 13.2 Å². The summed E-state index contributed by atoms with van der Waals surface area (Å²) in [5, 5.41) is 2.83. The van der Waals surface area contributed by atoms with Crippen LogP contribution in [-0.4, -0.2) is 14.3 Å². The molecule has 0 aromatic heterocycles. The molecule has 1 N–H and O–H groups in total. The first kappa shape index (κ1) is 14.3. The van der Waals surface area contributed by atoms with Gasteiger partial charge in [0.15, 0.2) is 0 Å². The second kappa shape index (κ2) is 5.13. The van der Waals surface area contributed by atoms with Crippen LogP contribution in [-0.2, 0) is 13.8 Å². The molecule has 1 aromatic carbocycles. The van der Waals surface area contributed by atoms with E-state index in [1.54, 1.807) is 13.0 Å². The van der Waals surface area contributed by atoms with Crippen LogP contribution in [0.1, 0.15) is 25.3 Å². The molecule has 0 heterocycles. The van der Waals surface area contributed by atoms with Gasteiger partial charge in [-0.25, -0.2) is 8.42 Å². The van der Waals surface area contributed by atoms with Gasteiger partial charge in [-0.2, -0.15) is 0 Å². The van der Waals surface area contributed by atoms with Gasteiger partial charge in [-0.15, -0.1) is 0 Å². The van der Waals surface area contributed by atoms with Gasteiger partial charge in [0.1, 0.15) is 0 Å². The van der Waals surface area contributed by atoms with Crippen molar-refractivity contribution in [3.63, 3.8) is 0 Å². The summed E-state index contributed by atoms with van der Waals surface area (Å²) >= 11 is 0. The van der Waals surface area contributed by atoms with E-state index in [1.165, 1.54) is 12.1 Å². The average Bonchev–Trinajstić information content (AvgIpc) is 3.13. The number of anilines is 1. The van der Waals surface area contributed by atoms with Crippen molar-refractivity contribution in [2.75, 3.05) is 5.32 Å². The highest BCUT2D eigenvalue weighted by Crippen LogP contribution is 2.37. The summed E-state index contributed by atoms with van der Waals surface area (Å²) in [6.07, 6.45) is 2.22. The van der Waals surface area contributed by atoms with E-state index in [9.17, 15) is 13.2 Å². The maximum Gasteiger partial charge on any atom is 0.261 e. The SMILES string of the molecule is Cc1cc(S(=O)(=O)Cl)ccc1NC(=O)C(C)C1CC1. The third-order valence-corrected chi connectivity index (χ3v) is 4.83. The largest absolute Gasteiger partial charge is 0.326 e. The predicted molar refractivity (Wildman–Crippen MR) is 74.7 cm³/mol. The molecule has 1 saturated carbocycles. The Bertz CT molecular complexity index is 608. The molecule has 1 unspecified atom stereocenters. The van der Waals surface area contributed by atoms with Crippen LogP contribution in [0.15, 0.2) is 23.1 Å². The predicted octanol–water partition coefficient (Wildman–Crippen LogP) is 2.91. The Kier molecular flexibility index (Phi) is 3.87. The molecule has 0 saturated heterocycles. The van der Waals surface area contributed by atoms with Crippen molar-refractivity contribution in [2.45, 2.75) is 31.6 Å². The molecule has 104 valence electrons. The van der Waals surface area contributed by atoms with Gasteiger partial charge in [0.05, 0.1) is 4.90 Å². The average molecular weight is 302 g/mol. The number of aryl methyl sites for hydroxylation is 1. The molecule has 1 aromatic rings. The van der Waals surface area contributed by atoms with Crippen molar-refractivity contribution >= 4 is 31.3 Å².